The fourth-order valence-corrected chi connectivity index (χ4v) is 3.62. The quantitative estimate of drug-likeness (QED) is 0.638. The van der Waals surface area contributed by atoms with Crippen LogP contribution in [0, 0.1) is 0 Å². The second-order valence-corrected chi connectivity index (χ2v) is 7.08. The Labute approximate surface area is 140 Å². The van der Waals surface area contributed by atoms with Crippen LogP contribution in [-0.2, 0) is 14.8 Å². The summed E-state index contributed by atoms with van der Waals surface area (Å²) in [5, 5.41) is 0. The van der Waals surface area contributed by atoms with Gasteiger partial charge < -0.3 is 4.74 Å². The van der Waals surface area contributed by atoms with Crippen LogP contribution in [0.4, 0.5) is 5.69 Å². The fourth-order valence-electron chi connectivity index (χ4n) is 1.92. The molecule has 0 aliphatic heterocycles. The molecule has 0 heterocycles. The first-order valence-corrected chi connectivity index (χ1v) is 9.61. The Balaban J connectivity index is 2.24. The van der Waals surface area contributed by atoms with Crippen molar-refractivity contribution in [3.63, 3.8) is 0 Å². The predicted molar refractivity (Wildman–Crippen MR) is 91.4 cm³/mol. The lowest BCUT2D eigenvalue weighted by atomic mass is 10.2. The Bertz CT molecular complexity index is 786. The van der Waals surface area contributed by atoms with Crippen LogP contribution in [0.15, 0.2) is 58.3 Å². The molecule has 0 aliphatic rings. The highest BCUT2D eigenvalue weighted by Gasteiger charge is 2.16. The van der Waals surface area contributed by atoms with Gasteiger partial charge >= 0.3 is 5.97 Å². The van der Waals surface area contributed by atoms with Crippen molar-refractivity contribution in [1.29, 1.82) is 0 Å². The summed E-state index contributed by atoms with van der Waals surface area (Å²) in [7, 11) is -3.72. The molecule has 0 amide bonds. The van der Waals surface area contributed by atoms with Crippen molar-refractivity contribution in [3.8, 4) is 0 Å². The molecule has 1 N–H and O–H groups in total. The van der Waals surface area contributed by atoms with Crippen LogP contribution in [0.5, 0.6) is 0 Å². The highest BCUT2D eigenvalue weighted by atomic mass is 32.2. The third-order valence-electron chi connectivity index (χ3n) is 3.03. The van der Waals surface area contributed by atoms with Gasteiger partial charge in [0.2, 0.25) is 0 Å². The normalized spacial score (nSPS) is 11.0. The summed E-state index contributed by atoms with van der Waals surface area (Å²) in [5.41, 5.74) is 0.838. The van der Waals surface area contributed by atoms with Gasteiger partial charge in [0.15, 0.2) is 0 Å². The first kappa shape index (κ1) is 17.4. The van der Waals surface area contributed by atoms with Gasteiger partial charge in [0.25, 0.3) is 10.0 Å². The molecule has 0 atom stereocenters. The Morgan fingerprint density at radius 1 is 1.13 bits per heavy atom. The van der Waals surface area contributed by atoms with Crippen LogP contribution < -0.4 is 4.72 Å². The van der Waals surface area contributed by atoms with E-state index in [9.17, 15) is 13.2 Å². The molecular formula is C16H17NO4S2. The maximum Gasteiger partial charge on any atom is 0.338 e. The Hall–Kier alpha value is -1.99. The van der Waals surface area contributed by atoms with Crippen LogP contribution in [0.25, 0.3) is 0 Å². The van der Waals surface area contributed by atoms with Gasteiger partial charge in [-0.05, 0) is 49.6 Å². The zero-order chi connectivity index (χ0) is 16.9. The number of benzene rings is 2. The number of carbonyl (C=O) groups excluding carboxylic acids is 1. The average molecular weight is 351 g/mol. The number of hydrogen-bond acceptors (Lipinski definition) is 5. The summed E-state index contributed by atoms with van der Waals surface area (Å²) in [6.45, 7) is 1.98. The van der Waals surface area contributed by atoms with E-state index in [1.165, 1.54) is 36.0 Å². The monoisotopic (exact) mass is 351 g/mol. The zero-order valence-corrected chi connectivity index (χ0v) is 14.4. The molecule has 23 heavy (non-hydrogen) atoms. The molecule has 5 nitrogen and oxygen atoms in total. The number of esters is 1. The van der Waals surface area contributed by atoms with Gasteiger partial charge in [-0.1, -0.05) is 12.1 Å². The molecular weight excluding hydrogens is 334 g/mol. The number of ether oxygens (including phenoxy) is 1. The maximum absolute atomic E-state index is 12.4. The van der Waals surface area contributed by atoms with E-state index in [4.69, 9.17) is 4.74 Å². The van der Waals surface area contributed by atoms with E-state index in [0.717, 1.165) is 4.90 Å². The second kappa shape index (κ2) is 7.52. The number of thioether (sulfide) groups is 1. The lowest BCUT2D eigenvalue weighted by Crippen LogP contribution is -2.14. The standard InChI is InChI=1S/C16H17NO4S2/c1-3-21-16(18)12-8-10-13(11-9-12)23(19,20)17-14-6-4-5-7-15(14)22-2/h4-11,17H,3H2,1-2H3. The van der Waals surface area contributed by atoms with E-state index >= 15 is 0 Å². The summed E-state index contributed by atoms with van der Waals surface area (Å²) < 4.78 is 32.3. The Kier molecular flexibility index (Phi) is 5.68. The first-order chi connectivity index (χ1) is 11.0. The summed E-state index contributed by atoms with van der Waals surface area (Å²) in [6, 6.07) is 12.8. The highest BCUT2D eigenvalue weighted by Crippen LogP contribution is 2.27. The van der Waals surface area contributed by atoms with E-state index in [0.29, 0.717) is 11.3 Å². The minimum Gasteiger partial charge on any atom is -0.462 e. The number of para-hydroxylation sites is 1. The van der Waals surface area contributed by atoms with E-state index in [2.05, 4.69) is 4.72 Å². The van der Waals surface area contributed by atoms with Crippen LogP contribution >= 0.6 is 11.8 Å². The van der Waals surface area contributed by atoms with Crippen molar-refractivity contribution in [2.75, 3.05) is 17.6 Å². The number of carbonyl (C=O) groups is 1. The van der Waals surface area contributed by atoms with E-state index in [1.54, 1.807) is 19.1 Å². The number of anilines is 1. The molecule has 7 heteroatoms. The lowest BCUT2D eigenvalue weighted by Gasteiger charge is -2.11. The van der Waals surface area contributed by atoms with Crippen molar-refractivity contribution in [2.24, 2.45) is 0 Å². The third kappa shape index (κ3) is 4.27. The molecule has 0 bridgehead atoms. The highest BCUT2D eigenvalue weighted by molar-refractivity contribution is 7.99. The molecule has 0 aromatic heterocycles. The number of nitrogens with one attached hydrogen (secondary N) is 1. The Morgan fingerprint density at radius 2 is 1.78 bits per heavy atom. The van der Waals surface area contributed by atoms with Gasteiger partial charge in [-0.25, -0.2) is 13.2 Å². The van der Waals surface area contributed by atoms with Crippen LogP contribution in [0.2, 0.25) is 0 Å². The SMILES string of the molecule is CCOC(=O)c1ccc(S(=O)(=O)Nc2ccccc2SC)cc1. The topological polar surface area (TPSA) is 72.5 Å². The zero-order valence-electron chi connectivity index (χ0n) is 12.8. The summed E-state index contributed by atoms with van der Waals surface area (Å²) in [4.78, 5) is 12.5. The molecule has 0 saturated heterocycles. The van der Waals surface area contributed by atoms with Crippen molar-refractivity contribution < 1.29 is 17.9 Å². The molecule has 0 fully saturated rings. The minimum atomic E-state index is -3.72. The summed E-state index contributed by atoms with van der Waals surface area (Å²) >= 11 is 1.45. The predicted octanol–water partition coefficient (Wildman–Crippen LogP) is 3.39. The van der Waals surface area contributed by atoms with Crippen molar-refractivity contribution in [2.45, 2.75) is 16.7 Å². The largest absolute Gasteiger partial charge is 0.462 e. The molecule has 0 radical (unpaired) electrons. The van der Waals surface area contributed by atoms with Crippen LogP contribution in [-0.4, -0.2) is 27.2 Å². The van der Waals surface area contributed by atoms with Crippen LogP contribution in [0.1, 0.15) is 17.3 Å². The van der Waals surface area contributed by atoms with Gasteiger partial charge in [-0.2, -0.15) is 0 Å². The average Bonchev–Trinajstić information content (AvgIpc) is 2.55. The third-order valence-corrected chi connectivity index (χ3v) is 5.20. The molecule has 2 rings (SSSR count). The molecule has 0 aliphatic carbocycles. The molecule has 122 valence electrons. The number of hydrogen-bond donors (Lipinski definition) is 1. The molecule has 0 unspecified atom stereocenters. The van der Waals surface area contributed by atoms with E-state index < -0.39 is 16.0 Å². The summed E-state index contributed by atoms with van der Waals surface area (Å²) in [6.07, 6.45) is 1.88. The molecule has 2 aromatic rings. The minimum absolute atomic E-state index is 0.0847. The van der Waals surface area contributed by atoms with Crippen molar-refractivity contribution >= 4 is 33.4 Å². The van der Waals surface area contributed by atoms with Crippen molar-refractivity contribution in [1.82, 2.24) is 0 Å². The molecule has 0 saturated carbocycles. The second-order valence-electron chi connectivity index (χ2n) is 4.55. The van der Waals surface area contributed by atoms with Gasteiger partial charge in [0.1, 0.15) is 0 Å². The van der Waals surface area contributed by atoms with Crippen molar-refractivity contribution in [3.05, 3.63) is 54.1 Å². The summed E-state index contributed by atoms with van der Waals surface area (Å²) in [5.74, 6) is -0.475. The number of sulfonamides is 1. The van der Waals surface area contributed by atoms with Gasteiger partial charge in [-0.15, -0.1) is 11.8 Å². The lowest BCUT2D eigenvalue weighted by molar-refractivity contribution is 0.0526. The molecule has 2 aromatic carbocycles. The maximum atomic E-state index is 12.4. The van der Waals surface area contributed by atoms with Crippen LogP contribution in [0.3, 0.4) is 0 Å². The first-order valence-electron chi connectivity index (χ1n) is 6.91. The van der Waals surface area contributed by atoms with E-state index in [-0.39, 0.29) is 11.5 Å². The van der Waals surface area contributed by atoms with Gasteiger partial charge in [0, 0.05) is 4.90 Å². The molecule has 0 spiro atoms. The smallest absolute Gasteiger partial charge is 0.338 e. The number of rotatable bonds is 6. The van der Waals surface area contributed by atoms with Gasteiger partial charge in [0.05, 0.1) is 22.8 Å². The Morgan fingerprint density at radius 3 is 2.39 bits per heavy atom. The van der Waals surface area contributed by atoms with E-state index in [1.807, 2.05) is 18.4 Å². The fraction of sp³-hybridized carbons (Fsp3) is 0.188. The van der Waals surface area contributed by atoms with Gasteiger partial charge in [-0.3, -0.25) is 4.72 Å².